The van der Waals surface area contributed by atoms with Gasteiger partial charge >= 0.3 is 0 Å². The van der Waals surface area contributed by atoms with Crippen molar-refractivity contribution >= 4 is 5.78 Å². The predicted octanol–water partition coefficient (Wildman–Crippen LogP) is 3.03. The van der Waals surface area contributed by atoms with E-state index >= 15 is 0 Å². The van der Waals surface area contributed by atoms with E-state index in [0.29, 0.717) is 6.42 Å². The molecule has 0 saturated carbocycles. The Kier molecular flexibility index (Phi) is 5.20. The topological polar surface area (TPSA) is 20.3 Å². The van der Waals surface area contributed by atoms with Gasteiger partial charge in [-0.15, -0.1) is 0 Å². The minimum absolute atomic E-state index is 0.104. The fourth-order valence-electron chi connectivity index (χ4n) is 2.06. The summed E-state index contributed by atoms with van der Waals surface area (Å²) < 4.78 is 0. The van der Waals surface area contributed by atoms with E-state index in [1.165, 1.54) is 32.4 Å². The molecule has 1 saturated heterocycles. The van der Waals surface area contributed by atoms with Crippen LogP contribution in [0, 0.1) is 5.41 Å². The zero-order chi connectivity index (χ0) is 12.0. The van der Waals surface area contributed by atoms with Crippen LogP contribution in [-0.2, 0) is 4.79 Å². The molecule has 0 aromatic carbocycles. The molecule has 92 valence electrons. The lowest BCUT2D eigenvalue weighted by Gasteiger charge is -2.24. The third kappa shape index (κ3) is 6.06. The molecule has 0 bridgehead atoms. The van der Waals surface area contributed by atoms with E-state index in [2.05, 4.69) is 25.7 Å². The zero-order valence-corrected chi connectivity index (χ0v) is 11.0. The average molecular weight is 223 g/mol. The summed E-state index contributed by atoms with van der Waals surface area (Å²) in [5, 5.41) is 0. The molecule has 1 fully saturated rings. The van der Waals surface area contributed by atoms with E-state index in [1.54, 1.807) is 6.08 Å². The van der Waals surface area contributed by atoms with Crippen molar-refractivity contribution in [2.45, 2.75) is 46.5 Å². The van der Waals surface area contributed by atoms with Gasteiger partial charge in [0.15, 0.2) is 5.78 Å². The first-order chi connectivity index (χ1) is 7.47. The van der Waals surface area contributed by atoms with Crippen molar-refractivity contribution in [3.63, 3.8) is 0 Å². The summed E-state index contributed by atoms with van der Waals surface area (Å²) in [5.74, 6) is 0.254. The maximum Gasteiger partial charge on any atom is 0.155 e. The standard InChI is InChI=1S/C14H25NO/c1-14(2,3)12-13(16)8-7-11-15-9-5-4-6-10-15/h7-8H,4-6,9-12H2,1-3H3/b8-7+. The Balaban J connectivity index is 2.22. The van der Waals surface area contributed by atoms with E-state index in [1.807, 2.05) is 6.08 Å². The second-order valence-corrected chi connectivity index (χ2v) is 5.97. The number of ketones is 1. The van der Waals surface area contributed by atoms with Gasteiger partial charge in [0, 0.05) is 13.0 Å². The number of allylic oxidation sites excluding steroid dienone is 1. The molecule has 1 aliphatic heterocycles. The molecule has 0 atom stereocenters. The Hall–Kier alpha value is -0.630. The molecular formula is C14H25NO. The molecule has 1 rings (SSSR count). The highest BCUT2D eigenvalue weighted by Crippen LogP contribution is 2.18. The van der Waals surface area contributed by atoms with Crippen molar-refractivity contribution in [2.75, 3.05) is 19.6 Å². The summed E-state index contributed by atoms with van der Waals surface area (Å²) in [7, 11) is 0. The Morgan fingerprint density at radius 2 is 1.81 bits per heavy atom. The van der Waals surface area contributed by atoms with Gasteiger partial charge in [0.25, 0.3) is 0 Å². The molecule has 1 aliphatic rings. The van der Waals surface area contributed by atoms with Crippen molar-refractivity contribution in [1.82, 2.24) is 4.90 Å². The van der Waals surface area contributed by atoms with Crippen LogP contribution in [0.15, 0.2) is 12.2 Å². The smallest absolute Gasteiger partial charge is 0.155 e. The van der Waals surface area contributed by atoms with Crippen molar-refractivity contribution in [3.8, 4) is 0 Å². The van der Waals surface area contributed by atoms with Crippen molar-refractivity contribution in [2.24, 2.45) is 5.41 Å². The Labute approximate surface area is 99.7 Å². The second-order valence-electron chi connectivity index (χ2n) is 5.97. The Bertz CT molecular complexity index is 244. The zero-order valence-electron chi connectivity index (χ0n) is 11.0. The van der Waals surface area contributed by atoms with Crippen LogP contribution in [0.4, 0.5) is 0 Å². The highest BCUT2D eigenvalue weighted by atomic mass is 16.1. The van der Waals surface area contributed by atoms with Crippen LogP contribution in [0.1, 0.15) is 46.5 Å². The molecule has 0 unspecified atom stereocenters. The Morgan fingerprint density at radius 1 is 1.19 bits per heavy atom. The van der Waals surface area contributed by atoms with E-state index in [-0.39, 0.29) is 11.2 Å². The summed E-state index contributed by atoms with van der Waals surface area (Å²) in [4.78, 5) is 14.0. The summed E-state index contributed by atoms with van der Waals surface area (Å²) >= 11 is 0. The molecule has 0 spiro atoms. The maximum atomic E-state index is 11.6. The van der Waals surface area contributed by atoms with Crippen LogP contribution in [0.5, 0.6) is 0 Å². The SMILES string of the molecule is CC(C)(C)CC(=O)/C=C/CN1CCCCC1. The summed E-state index contributed by atoms with van der Waals surface area (Å²) in [5.41, 5.74) is 0.104. The van der Waals surface area contributed by atoms with Gasteiger partial charge < -0.3 is 0 Å². The third-order valence-electron chi connectivity index (χ3n) is 2.82. The number of hydrogen-bond acceptors (Lipinski definition) is 2. The summed E-state index contributed by atoms with van der Waals surface area (Å²) in [6.07, 6.45) is 8.42. The molecule has 0 aromatic heterocycles. The van der Waals surface area contributed by atoms with Crippen LogP contribution >= 0.6 is 0 Å². The molecule has 0 aromatic rings. The molecule has 0 radical (unpaired) electrons. The van der Waals surface area contributed by atoms with Gasteiger partial charge in [-0.3, -0.25) is 9.69 Å². The van der Waals surface area contributed by atoms with Crippen molar-refractivity contribution in [1.29, 1.82) is 0 Å². The van der Waals surface area contributed by atoms with E-state index in [4.69, 9.17) is 0 Å². The van der Waals surface area contributed by atoms with E-state index in [9.17, 15) is 4.79 Å². The molecule has 0 N–H and O–H groups in total. The Morgan fingerprint density at radius 3 is 2.38 bits per heavy atom. The van der Waals surface area contributed by atoms with Crippen LogP contribution in [0.3, 0.4) is 0 Å². The lowest BCUT2D eigenvalue weighted by atomic mass is 9.90. The number of piperidine rings is 1. The molecule has 0 aliphatic carbocycles. The monoisotopic (exact) mass is 223 g/mol. The molecule has 0 amide bonds. The number of carbonyl (C=O) groups is 1. The molecule has 2 heteroatoms. The average Bonchev–Trinajstić information content (AvgIpc) is 2.16. The predicted molar refractivity (Wildman–Crippen MR) is 68.5 cm³/mol. The van der Waals surface area contributed by atoms with Crippen LogP contribution in [-0.4, -0.2) is 30.3 Å². The number of hydrogen-bond donors (Lipinski definition) is 0. The first kappa shape index (κ1) is 13.4. The molecule has 16 heavy (non-hydrogen) atoms. The van der Waals surface area contributed by atoms with Gasteiger partial charge in [-0.2, -0.15) is 0 Å². The van der Waals surface area contributed by atoms with Gasteiger partial charge in [-0.05, 0) is 37.4 Å². The van der Waals surface area contributed by atoms with Gasteiger partial charge in [0.05, 0.1) is 0 Å². The minimum atomic E-state index is 0.104. The van der Waals surface area contributed by atoms with Gasteiger partial charge in [-0.25, -0.2) is 0 Å². The number of nitrogens with zero attached hydrogens (tertiary/aromatic N) is 1. The fraction of sp³-hybridized carbons (Fsp3) is 0.786. The van der Waals surface area contributed by atoms with Gasteiger partial charge in [0.2, 0.25) is 0 Å². The summed E-state index contributed by atoms with van der Waals surface area (Å²) in [6.45, 7) is 9.63. The first-order valence-electron chi connectivity index (χ1n) is 6.39. The number of rotatable bonds is 4. The molecular weight excluding hydrogens is 198 g/mol. The second kappa shape index (κ2) is 6.19. The van der Waals surface area contributed by atoms with Crippen molar-refractivity contribution in [3.05, 3.63) is 12.2 Å². The molecule has 1 heterocycles. The highest BCUT2D eigenvalue weighted by Gasteiger charge is 2.14. The largest absolute Gasteiger partial charge is 0.300 e. The highest BCUT2D eigenvalue weighted by molar-refractivity contribution is 5.90. The summed E-state index contributed by atoms with van der Waals surface area (Å²) in [6, 6.07) is 0. The normalized spacial score (nSPS) is 19.2. The van der Waals surface area contributed by atoms with Crippen LogP contribution < -0.4 is 0 Å². The quantitative estimate of drug-likeness (QED) is 0.683. The maximum absolute atomic E-state index is 11.6. The number of carbonyl (C=O) groups excluding carboxylic acids is 1. The lowest BCUT2D eigenvalue weighted by Crippen LogP contribution is -2.29. The van der Waals surface area contributed by atoms with E-state index in [0.717, 1.165) is 6.54 Å². The van der Waals surface area contributed by atoms with E-state index < -0.39 is 0 Å². The van der Waals surface area contributed by atoms with Gasteiger partial charge in [-0.1, -0.05) is 33.3 Å². The fourth-order valence-corrected chi connectivity index (χ4v) is 2.06. The van der Waals surface area contributed by atoms with Gasteiger partial charge in [0.1, 0.15) is 0 Å². The number of likely N-dealkylation sites (tertiary alicyclic amines) is 1. The minimum Gasteiger partial charge on any atom is -0.300 e. The van der Waals surface area contributed by atoms with Crippen LogP contribution in [0.2, 0.25) is 0 Å². The van der Waals surface area contributed by atoms with Crippen molar-refractivity contribution < 1.29 is 4.79 Å². The van der Waals surface area contributed by atoms with Crippen LogP contribution in [0.25, 0.3) is 0 Å². The first-order valence-corrected chi connectivity index (χ1v) is 6.39. The lowest BCUT2D eigenvalue weighted by molar-refractivity contribution is -0.116. The third-order valence-corrected chi connectivity index (χ3v) is 2.82. The molecule has 2 nitrogen and oxygen atoms in total.